The predicted molar refractivity (Wildman–Crippen MR) is 73.2 cm³/mol. The highest BCUT2D eigenvalue weighted by Crippen LogP contribution is 2.65. The van der Waals surface area contributed by atoms with E-state index in [0.717, 1.165) is 11.3 Å². The molecule has 4 rings (SSSR count). The van der Waals surface area contributed by atoms with E-state index in [-0.39, 0.29) is 15.8 Å². The van der Waals surface area contributed by atoms with Gasteiger partial charge in [0.25, 0.3) is 0 Å². The Morgan fingerprint density at radius 3 is 2.50 bits per heavy atom. The van der Waals surface area contributed by atoms with Gasteiger partial charge in [-0.15, -0.1) is 11.3 Å². The average Bonchev–Trinajstić information content (AvgIpc) is 2.88. The van der Waals surface area contributed by atoms with Crippen LogP contribution in [0.1, 0.15) is 28.9 Å². The number of nitrogens with one attached hydrogen (secondary N) is 1. The fourth-order valence-electron chi connectivity index (χ4n) is 4.30. The lowest BCUT2D eigenvalue weighted by atomic mass is 10.0. The summed E-state index contributed by atoms with van der Waals surface area (Å²) >= 11 is 0.948. The lowest BCUT2D eigenvalue weighted by molar-refractivity contribution is 0.0702. The molecule has 1 aromatic rings. The first-order chi connectivity index (χ1) is 9.47. The van der Waals surface area contributed by atoms with Crippen molar-refractivity contribution in [1.29, 1.82) is 0 Å². The minimum Gasteiger partial charge on any atom is -0.477 e. The molecule has 0 spiro atoms. The number of aromatic carboxylic acids is 1. The van der Waals surface area contributed by atoms with Gasteiger partial charge in [0.1, 0.15) is 4.88 Å². The van der Waals surface area contributed by atoms with Crippen molar-refractivity contribution in [3.63, 3.8) is 0 Å². The van der Waals surface area contributed by atoms with E-state index < -0.39 is 16.0 Å². The van der Waals surface area contributed by atoms with Crippen LogP contribution in [0.25, 0.3) is 0 Å². The van der Waals surface area contributed by atoms with Crippen LogP contribution in [0.4, 0.5) is 0 Å². The van der Waals surface area contributed by atoms with Crippen LogP contribution in [0.3, 0.4) is 0 Å². The molecule has 2 N–H and O–H groups in total. The summed E-state index contributed by atoms with van der Waals surface area (Å²) in [5, 5.41) is 10.3. The second-order valence-corrected chi connectivity index (χ2v) is 8.71. The fraction of sp³-hybridized carbons (Fsp3) is 0.615. The van der Waals surface area contributed by atoms with Gasteiger partial charge >= 0.3 is 5.97 Å². The molecule has 3 saturated carbocycles. The highest BCUT2D eigenvalue weighted by molar-refractivity contribution is 7.89. The molecule has 0 amide bonds. The number of carboxylic acid groups (broad SMARTS) is 1. The molecule has 0 radical (unpaired) electrons. The molecule has 0 aliphatic heterocycles. The summed E-state index contributed by atoms with van der Waals surface area (Å²) in [6, 6.07) is 1.32. The van der Waals surface area contributed by atoms with E-state index >= 15 is 0 Å². The maximum Gasteiger partial charge on any atom is 0.345 e. The van der Waals surface area contributed by atoms with Gasteiger partial charge in [0.2, 0.25) is 10.0 Å². The van der Waals surface area contributed by atoms with Crippen LogP contribution in [0.15, 0.2) is 16.3 Å². The normalized spacial score (nSPS) is 37.9. The van der Waals surface area contributed by atoms with Crippen molar-refractivity contribution >= 4 is 27.3 Å². The summed E-state index contributed by atoms with van der Waals surface area (Å²) < 4.78 is 27.4. The number of thiophene rings is 1. The zero-order valence-electron chi connectivity index (χ0n) is 10.7. The summed E-state index contributed by atoms with van der Waals surface area (Å²) in [6.45, 7) is 0. The monoisotopic (exact) mass is 313 g/mol. The van der Waals surface area contributed by atoms with Gasteiger partial charge in [-0.25, -0.2) is 17.9 Å². The van der Waals surface area contributed by atoms with Crippen molar-refractivity contribution < 1.29 is 18.3 Å². The van der Waals surface area contributed by atoms with Gasteiger partial charge in [-0.1, -0.05) is 0 Å². The maximum atomic E-state index is 12.3. The molecule has 7 heteroatoms. The summed E-state index contributed by atoms with van der Waals surface area (Å²) in [5.74, 6) is 1.38. The molecular formula is C13H15NO4S2. The van der Waals surface area contributed by atoms with E-state index in [1.807, 2.05) is 0 Å². The molecule has 20 heavy (non-hydrogen) atoms. The smallest absolute Gasteiger partial charge is 0.345 e. The quantitative estimate of drug-likeness (QED) is 0.887. The highest BCUT2D eigenvalue weighted by atomic mass is 32.2. The molecule has 108 valence electrons. The van der Waals surface area contributed by atoms with Crippen LogP contribution in [0, 0.1) is 23.7 Å². The Hall–Kier alpha value is -0.920. The molecule has 3 aliphatic rings. The third kappa shape index (κ3) is 1.76. The molecule has 1 heterocycles. The highest BCUT2D eigenvalue weighted by Gasteiger charge is 2.65. The first-order valence-electron chi connectivity index (χ1n) is 6.81. The number of fused-ring (bicyclic) bond motifs is 5. The van der Waals surface area contributed by atoms with Crippen LogP contribution in [-0.2, 0) is 10.0 Å². The van der Waals surface area contributed by atoms with E-state index in [0.29, 0.717) is 23.7 Å². The van der Waals surface area contributed by atoms with Gasteiger partial charge in [0, 0.05) is 11.4 Å². The third-order valence-electron chi connectivity index (χ3n) is 5.12. The number of hydrogen-bond donors (Lipinski definition) is 2. The molecule has 0 aromatic carbocycles. The lowest BCUT2D eigenvalue weighted by Crippen LogP contribution is -2.29. The summed E-state index contributed by atoms with van der Waals surface area (Å²) in [4.78, 5) is 11.0. The van der Waals surface area contributed by atoms with Crippen LogP contribution in [0.5, 0.6) is 0 Å². The van der Waals surface area contributed by atoms with Crippen molar-refractivity contribution in [2.75, 3.05) is 0 Å². The molecular weight excluding hydrogens is 298 g/mol. The average molecular weight is 313 g/mol. The number of rotatable bonds is 4. The van der Waals surface area contributed by atoms with Gasteiger partial charge in [-0.3, -0.25) is 0 Å². The van der Waals surface area contributed by atoms with Crippen molar-refractivity contribution in [2.45, 2.75) is 30.2 Å². The molecule has 2 bridgehead atoms. The van der Waals surface area contributed by atoms with E-state index in [2.05, 4.69) is 4.72 Å². The number of carboxylic acids is 1. The van der Waals surface area contributed by atoms with Crippen molar-refractivity contribution in [1.82, 2.24) is 4.72 Å². The Labute approximate surface area is 121 Å². The largest absolute Gasteiger partial charge is 0.477 e. The number of hydrogen-bond acceptors (Lipinski definition) is 4. The first kappa shape index (κ1) is 12.8. The molecule has 1 aromatic heterocycles. The maximum absolute atomic E-state index is 12.3. The van der Waals surface area contributed by atoms with Crippen molar-refractivity contribution in [3.8, 4) is 0 Å². The summed E-state index contributed by atoms with van der Waals surface area (Å²) in [5.41, 5.74) is 0. The minimum absolute atomic E-state index is 0.0569. The second kappa shape index (κ2) is 4.05. The van der Waals surface area contributed by atoms with E-state index in [4.69, 9.17) is 5.11 Å². The molecule has 5 nitrogen and oxygen atoms in total. The third-order valence-corrected chi connectivity index (χ3v) is 7.63. The van der Waals surface area contributed by atoms with Gasteiger partial charge < -0.3 is 5.11 Å². The van der Waals surface area contributed by atoms with Crippen LogP contribution in [-0.4, -0.2) is 25.5 Å². The van der Waals surface area contributed by atoms with Gasteiger partial charge in [0.15, 0.2) is 0 Å². The van der Waals surface area contributed by atoms with E-state index in [9.17, 15) is 13.2 Å². The van der Waals surface area contributed by atoms with Crippen LogP contribution < -0.4 is 4.72 Å². The van der Waals surface area contributed by atoms with Gasteiger partial charge in [-0.2, -0.15) is 0 Å². The molecule has 4 atom stereocenters. The second-order valence-electron chi connectivity index (χ2n) is 6.09. The van der Waals surface area contributed by atoms with Crippen molar-refractivity contribution in [2.24, 2.45) is 23.7 Å². The van der Waals surface area contributed by atoms with E-state index in [1.165, 1.54) is 30.7 Å². The number of carbonyl (C=O) groups is 1. The minimum atomic E-state index is -3.57. The van der Waals surface area contributed by atoms with Crippen LogP contribution >= 0.6 is 11.3 Å². The number of sulfonamides is 1. The zero-order valence-corrected chi connectivity index (χ0v) is 12.3. The SMILES string of the molecule is O=C(O)c1cc(S(=O)(=O)NC2C3C4CCC(C4)C23)cs1. The Morgan fingerprint density at radius 2 is 1.95 bits per heavy atom. The van der Waals surface area contributed by atoms with Gasteiger partial charge in [-0.05, 0) is 49.0 Å². The molecule has 4 unspecified atom stereocenters. The molecule has 3 aliphatic carbocycles. The fourth-order valence-corrected chi connectivity index (χ4v) is 6.72. The Morgan fingerprint density at radius 1 is 1.30 bits per heavy atom. The molecule has 3 fully saturated rings. The topological polar surface area (TPSA) is 83.5 Å². The summed E-state index contributed by atoms with van der Waals surface area (Å²) in [7, 11) is -3.57. The van der Waals surface area contributed by atoms with Crippen molar-refractivity contribution in [3.05, 3.63) is 16.3 Å². The predicted octanol–water partition coefficient (Wildman–Crippen LogP) is 1.77. The zero-order chi connectivity index (χ0) is 14.1. The summed E-state index contributed by atoms with van der Waals surface area (Å²) in [6.07, 6.45) is 3.76. The molecule has 0 saturated heterocycles. The Bertz CT molecular complexity index is 664. The van der Waals surface area contributed by atoms with Gasteiger partial charge in [0.05, 0.1) is 4.90 Å². The first-order valence-corrected chi connectivity index (χ1v) is 9.18. The Balaban J connectivity index is 1.52. The van der Waals surface area contributed by atoms with E-state index in [1.54, 1.807) is 0 Å². The lowest BCUT2D eigenvalue weighted by Gasteiger charge is -2.10. The van der Waals surface area contributed by atoms with Crippen LogP contribution in [0.2, 0.25) is 0 Å². The standard InChI is InChI=1S/C13H15NO4S2/c15-13(16)9-4-8(5-19-9)20(17,18)14-12-10-6-1-2-7(3-6)11(10)12/h4-7,10-12,14H,1-3H2,(H,15,16). The Kier molecular flexibility index (Phi) is 2.59.